The van der Waals surface area contributed by atoms with Crippen LogP contribution in [-0.4, -0.2) is 0 Å². The van der Waals surface area contributed by atoms with Crippen molar-refractivity contribution in [2.45, 2.75) is 26.7 Å². The summed E-state index contributed by atoms with van der Waals surface area (Å²) in [6.07, 6.45) is 0. The maximum Gasteiger partial charge on any atom is 0.0194 e. The van der Waals surface area contributed by atoms with Crippen LogP contribution in [0.25, 0.3) is 0 Å². The number of hydrogen-bond acceptors (Lipinski definition) is 0. The van der Waals surface area contributed by atoms with Gasteiger partial charge in [0, 0.05) is 8.04 Å². The van der Waals surface area contributed by atoms with Gasteiger partial charge in [0.1, 0.15) is 0 Å². The lowest BCUT2D eigenvalue weighted by Crippen LogP contribution is -1.94. The highest BCUT2D eigenvalue weighted by Crippen LogP contribution is 2.27. The topological polar surface area (TPSA) is 0 Å². The fourth-order valence-electron chi connectivity index (χ4n) is 1.17. The molecule has 0 aliphatic rings. The summed E-state index contributed by atoms with van der Waals surface area (Å²) in [5, 5.41) is 0. The standard InChI is InChI=1S/C10H12BrI/c1-6(2)9-5-8(11)4-7(3)10(9)12/h4-6H,1-3H3. The van der Waals surface area contributed by atoms with Crippen LogP contribution in [0, 0.1) is 10.5 Å². The van der Waals surface area contributed by atoms with Crippen molar-refractivity contribution in [2.24, 2.45) is 0 Å². The van der Waals surface area contributed by atoms with Gasteiger partial charge in [-0.05, 0) is 58.7 Å². The van der Waals surface area contributed by atoms with Crippen molar-refractivity contribution in [2.75, 3.05) is 0 Å². The van der Waals surface area contributed by atoms with Crippen molar-refractivity contribution in [3.05, 3.63) is 31.3 Å². The van der Waals surface area contributed by atoms with Crippen LogP contribution in [0.1, 0.15) is 30.9 Å². The van der Waals surface area contributed by atoms with E-state index in [4.69, 9.17) is 0 Å². The summed E-state index contributed by atoms with van der Waals surface area (Å²) in [4.78, 5) is 0. The minimum absolute atomic E-state index is 0.605. The second-order valence-corrected chi connectivity index (χ2v) is 5.28. The summed E-state index contributed by atoms with van der Waals surface area (Å²) >= 11 is 5.93. The van der Waals surface area contributed by atoms with Gasteiger partial charge in [-0.2, -0.15) is 0 Å². The Morgan fingerprint density at radius 1 is 1.33 bits per heavy atom. The van der Waals surface area contributed by atoms with E-state index in [1.165, 1.54) is 19.2 Å². The molecular formula is C10H12BrI. The van der Waals surface area contributed by atoms with Gasteiger partial charge in [-0.15, -0.1) is 0 Å². The molecule has 0 amide bonds. The summed E-state index contributed by atoms with van der Waals surface area (Å²) in [5.41, 5.74) is 2.79. The van der Waals surface area contributed by atoms with Gasteiger partial charge in [0.2, 0.25) is 0 Å². The zero-order valence-corrected chi connectivity index (χ0v) is 11.2. The molecule has 0 heterocycles. The van der Waals surface area contributed by atoms with E-state index in [1.807, 2.05) is 0 Å². The van der Waals surface area contributed by atoms with E-state index in [9.17, 15) is 0 Å². The second-order valence-electron chi connectivity index (χ2n) is 3.28. The number of hydrogen-bond donors (Lipinski definition) is 0. The van der Waals surface area contributed by atoms with Crippen LogP contribution in [-0.2, 0) is 0 Å². The van der Waals surface area contributed by atoms with E-state index in [2.05, 4.69) is 71.4 Å². The maximum atomic E-state index is 3.51. The van der Waals surface area contributed by atoms with Gasteiger partial charge in [0.05, 0.1) is 0 Å². The molecule has 66 valence electrons. The molecule has 0 spiro atoms. The average Bonchev–Trinajstić information content (AvgIpc) is 1.96. The van der Waals surface area contributed by atoms with Crippen LogP contribution >= 0.6 is 38.5 Å². The largest absolute Gasteiger partial charge is 0.0586 e. The Bertz CT molecular complexity index is 292. The van der Waals surface area contributed by atoms with Crippen molar-refractivity contribution in [3.63, 3.8) is 0 Å². The molecule has 2 heteroatoms. The van der Waals surface area contributed by atoms with Gasteiger partial charge in [-0.1, -0.05) is 29.8 Å². The SMILES string of the molecule is Cc1cc(Br)cc(C(C)C)c1I. The van der Waals surface area contributed by atoms with Crippen molar-refractivity contribution < 1.29 is 0 Å². The second kappa shape index (κ2) is 4.09. The Morgan fingerprint density at radius 2 is 1.92 bits per heavy atom. The molecule has 0 nitrogen and oxygen atoms in total. The first-order valence-electron chi connectivity index (χ1n) is 3.98. The van der Waals surface area contributed by atoms with Gasteiger partial charge in [0.15, 0.2) is 0 Å². The van der Waals surface area contributed by atoms with Gasteiger partial charge in [0.25, 0.3) is 0 Å². The lowest BCUT2D eigenvalue weighted by molar-refractivity contribution is 0.856. The fourth-order valence-corrected chi connectivity index (χ4v) is 2.70. The summed E-state index contributed by atoms with van der Waals surface area (Å²) < 4.78 is 2.58. The van der Waals surface area contributed by atoms with E-state index in [1.54, 1.807) is 0 Å². The zero-order valence-electron chi connectivity index (χ0n) is 7.49. The van der Waals surface area contributed by atoms with E-state index >= 15 is 0 Å². The molecular weight excluding hydrogens is 327 g/mol. The molecule has 0 fully saturated rings. The van der Waals surface area contributed by atoms with Crippen molar-refractivity contribution >= 4 is 38.5 Å². The first-order valence-corrected chi connectivity index (χ1v) is 5.85. The molecule has 1 aromatic carbocycles. The Labute approximate surface area is 96.0 Å². The predicted octanol–water partition coefficient (Wildman–Crippen LogP) is 4.49. The summed E-state index contributed by atoms with van der Waals surface area (Å²) in [6.45, 7) is 6.60. The summed E-state index contributed by atoms with van der Waals surface area (Å²) in [6, 6.07) is 4.37. The molecule has 0 bridgehead atoms. The number of rotatable bonds is 1. The Hall–Kier alpha value is 0.430. The summed E-state index contributed by atoms with van der Waals surface area (Å²) in [7, 11) is 0. The zero-order chi connectivity index (χ0) is 9.30. The normalized spacial score (nSPS) is 10.8. The quantitative estimate of drug-likeness (QED) is 0.662. The van der Waals surface area contributed by atoms with Crippen LogP contribution in [0.5, 0.6) is 0 Å². The summed E-state index contributed by atoms with van der Waals surface area (Å²) in [5.74, 6) is 0.605. The van der Waals surface area contributed by atoms with E-state index in [0.717, 1.165) is 0 Å². The van der Waals surface area contributed by atoms with Crippen LogP contribution in [0.4, 0.5) is 0 Å². The Kier molecular flexibility index (Phi) is 3.58. The van der Waals surface area contributed by atoms with Crippen LogP contribution in [0.3, 0.4) is 0 Å². The number of benzene rings is 1. The maximum absolute atomic E-state index is 3.51. The predicted molar refractivity (Wildman–Crippen MR) is 65.7 cm³/mol. The molecule has 0 aliphatic heterocycles. The molecule has 1 aromatic rings. The Balaban J connectivity index is 3.28. The molecule has 0 atom stereocenters. The fraction of sp³-hybridized carbons (Fsp3) is 0.400. The van der Waals surface area contributed by atoms with Gasteiger partial charge in [-0.3, -0.25) is 0 Å². The first kappa shape index (κ1) is 10.5. The Morgan fingerprint density at radius 3 is 2.42 bits per heavy atom. The third-order valence-electron chi connectivity index (χ3n) is 1.87. The highest BCUT2D eigenvalue weighted by molar-refractivity contribution is 14.1. The molecule has 12 heavy (non-hydrogen) atoms. The van der Waals surface area contributed by atoms with E-state index < -0.39 is 0 Å². The third-order valence-corrected chi connectivity index (χ3v) is 3.80. The van der Waals surface area contributed by atoms with Crippen LogP contribution in [0.2, 0.25) is 0 Å². The average molecular weight is 339 g/mol. The van der Waals surface area contributed by atoms with Crippen molar-refractivity contribution in [1.29, 1.82) is 0 Å². The third kappa shape index (κ3) is 2.22. The molecule has 0 saturated carbocycles. The van der Waals surface area contributed by atoms with Crippen molar-refractivity contribution in [1.82, 2.24) is 0 Å². The monoisotopic (exact) mass is 338 g/mol. The lowest BCUT2D eigenvalue weighted by atomic mass is 10.0. The smallest absolute Gasteiger partial charge is 0.0194 e. The number of aryl methyl sites for hydroxylation is 1. The number of halogens is 2. The molecule has 0 aliphatic carbocycles. The minimum atomic E-state index is 0.605. The molecule has 0 saturated heterocycles. The van der Waals surface area contributed by atoms with Gasteiger partial charge in [-0.25, -0.2) is 0 Å². The minimum Gasteiger partial charge on any atom is -0.0586 e. The molecule has 0 unspecified atom stereocenters. The van der Waals surface area contributed by atoms with Crippen LogP contribution < -0.4 is 0 Å². The highest BCUT2D eigenvalue weighted by Gasteiger charge is 2.07. The van der Waals surface area contributed by atoms with Crippen LogP contribution in [0.15, 0.2) is 16.6 Å². The van der Waals surface area contributed by atoms with Crippen molar-refractivity contribution in [3.8, 4) is 0 Å². The lowest BCUT2D eigenvalue weighted by Gasteiger charge is -2.11. The highest BCUT2D eigenvalue weighted by atomic mass is 127. The molecule has 0 N–H and O–H groups in total. The van der Waals surface area contributed by atoms with Gasteiger partial charge >= 0.3 is 0 Å². The van der Waals surface area contributed by atoms with E-state index in [0.29, 0.717) is 5.92 Å². The van der Waals surface area contributed by atoms with Gasteiger partial charge < -0.3 is 0 Å². The first-order chi connectivity index (χ1) is 5.52. The molecule has 0 radical (unpaired) electrons. The molecule has 0 aromatic heterocycles. The van der Waals surface area contributed by atoms with E-state index in [-0.39, 0.29) is 0 Å². The molecule has 1 rings (SSSR count).